The van der Waals surface area contributed by atoms with Crippen LogP contribution in [-0.2, 0) is 0 Å². The topological polar surface area (TPSA) is 12.9 Å². The van der Waals surface area contributed by atoms with E-state index in [0.29, 0.717) is 15.0 Å². The van der Waals surface area contributed by atoms with Gasteiger partial charge in [-0.15, -0.1) is 0 Å². The predicted octanol–water partition coefficient (Wildman–Crippen LogP) is 4.59. The molecule has 0 aliphatic rings. The van der Waals surface area contributed by atoms with Crippen LogP contribution in [0.3, 0.4) is 0 Å². The molecule has 1 heterocycles. The Hall–Kier alpha value is -0.740. The number of pyridine rings is 1. The third-order valence-corrected chi connectivity index (χ3v) is 2.94. The Kier molecular flexibility index (Phi) is 2.89. The predicted molar refractivity (Wildman–Crippen MR) is 59.4 cm³/mol. The third kappa shape index (κ3) is 1.96. The highest BCUT2D eigenvalue weighted by atomic mass is 79.9. The van der Waals surface area contributed by atoms with Gasteiger partial charge in [0.2, 0.25) is 0 Å². The zero-order chi connectivity index (χ0) is 11.0. The van der Waals surface area contributed by atoms with Crippen LogP contribution in [-0.4, -0.2) is 4.98 Å². The molecular formula is C10H5BrClF2N. The fourth-order valence-corrected chi connectivity index (χ4v) is 2.07. The van der Waals surface area contributed by atoms with Crippen molar-refractivity contribution in [3.05, 3.63) is 39.5 Å². The fraction of sp³-hybridized carbons (Fsp3) is 0.100. The molecule has 5 heteroatoms. The summed E-state index contributed by atoms with van der Waals surface area (Å²) < 4.78 is 25.5. The largest absolute Gasteiger partial charge is 0.280 e. The van der Waals surface area contributed by atoms with E-state index in [1.54, 1.807) is 18.2 Å². The van der Waals surface area contributed by atoms with Crippen molar-refractivity contribution < 1.29 is 8.78 Å². The number of nitrogens with zero attached hydrogens (tertiary/aromatic N) is 1. The van der Waals surface area contributed by atoms with Gasteiger partial charge in [0.25, 0.3) is 6.43 Å². The van der Waals surface area contributed by atoms with Gasteiger partial charge in [-0.2, -0.15) is 0 Å². The number of hydrogen-bond donors (Lipinski definition) is 0. The Bertz CT molecular complexity index is 516. The minimum Gasteiger partial charge on any atom is -0.245 e. The first kappa shape index (κ1) is 10.8. The summed E-state index contributed by atoms with van der Waals surface area (Å²) in [5.74, 6) is 0. The maximum absolute atomic E-state index is 12.5. The van der Waals surface area contributed by atoms with Crippen molar-refractivity contribution in [2.45, 2.75) is 6.43 Å². The number of rotatable bonds is 1. The van der Waals surface area contributed by atoms with Crippen molar-refractivity contribution in [1.82, 2.24) is 4.98 Å². The quantitative estimate of drug-likeness (QED) is 0.749. The van der Waals surface area contributed by atoms with Crippen LogP contribution in [0.2, 0.25) is 5.02 Å². The van der Waals surface area contributed by atoms with E-state index >= 15 is 0 Å². The number of aromatic nitrogens is 1. The molecule has 0 aliphatic heterocycles. The summed E-state index contributed by atoms with van der Waals surface area (Å²) in [5, 5.41) is 1.10. The molecule has 78 valence electrons. The Balaban J connectivity index is 2.80. The second-order valence-electron chi connectivity index (χ2n) is 2.97. The number of benzene rings is 1. The van der Waals surface area contributed by atoms with Crippen molar-refractivity contribution in [1.29, 1.82) is 0 Å². The van der Waals surface area contributed by atoms with Crippen LogP contribution in [0.15, 0.2) is 28.7 Å². The molecule has 0 saturated carbocycles. The molecule has 0 aliphatic carbocycles. The average Bonchev–Trinajstić information content (AvgIpc) is 2.19. The highest BCUT2D eigenvalue weighted by molar-refractivity contribution is 9.10. The molecule has 1 aromatic heterocycles. The van der Waals surface area contributed by atoms with Crippen molar-refractivity contribution in [3.8, 4) is 0 Å². The fourth-order valence-electron chi connectivity index (χ4n) is 1.30. The molecule has 15 heavy (non-hydrogen) atoms. The average molecular weight is 293 g/mol. The molecule has 2 aromatic rings. The molecule has 0 radical (unpaired) electrons. The first-order valence-electron chi connectivity index (χ1n) is 4.12. The van der Waals surface area contributed by atoms with Crippen LogP contribution in [0.25, 0.3) is 10.9 Å². The molecular weight excluding hydrogens is 287 g/mol. The monoisotopic (exact) mass is 291 g/mol. The van der Waals surface area contributed by atoms with Gasteiger partial charge in [0.1, 0.15) is 5.69 Å². The van der Waals surface area contributed by atoms with Gasteiger partial charge in [-0.05, 0) is 12.1 Å². The van der Waals surface area contributed by atoms with Crippen LogP contribution in [0.5, 0.6) is 0 Å². The molecule has 1 aromatic carbocycles. The summed E-state index contributed by atoms with van der Waals surface area (Å²) in [5.41, 5.74) is 0.117. The van der Waals surface area contributed by atoms with E-state index in [-0.39, 0.29) is 5.69 Å². The summed E-state index contributed by atoms with van der Waals surface area (Å²) in [6.45, 7) is 0. The molecule has 0 fully saturated rings. The lowest BCUT2D eigenvalue weighted by atomic mass is 10.2. The van der Waals surface area contributed by atoms with Crippen molar-refractivity contribution in [2.24, 2.45) is 0 Å². The zero-order valence-corrected chi connectivity index (χ0v) is 9.69. The van der Waals surface area contributed by atoms with Gasteiger partial charge in [-0.1, -0.05) is 39.7 Å². The van der Waals surface area contributed by atoms with Crippen molar-refractivity contribution >= 4 is 38.4 Å². The second-order valence-corrected chi connectivity index (χ2v) is 4.23. The standard InChI is InChI=1S/C10H5BrClF2N/c11-6-4-8(10(13)14)15-9-5(6)2-1-3-7(9)12/h1-4,10H. The molecule has 2 rings (SSSR count). The first-order chi connectivity index (χ1) is 7.09. The van der Waals surface area contributed by atoms with Crippen LogP contribution in [0.1, 0.15) is 12.1 Å². The van der Waals surface area contributed by atoms with E-state index in [1.807, 2.05) is 0 Å². The smallest absolute Gasteiger partial charge is 0.245 e. The minimum atomic E-state index is -2.60. The Labute approximate surface area is 98.2 Å². The maximum atomic E-state index is 12.5. The van der Waals surface area contributed by atoms with Gasteiger partial charge < -0.3 is 0 Å². The van der Waals surface area contributed by atoms with Crippen LogP contribution in [0.4, 0.5) is 8.78 Å². The summed E-state index contributed by atoms with van der Waals surface area (Å²) in [4.78, 5) is 3.82. The number of alkyl halides is 2. The van der Waals surface area contributed by atoms with Gasteiger partial charge in [0.05, 0.1) is 10.5 Å². The summed E-state index contributed by atoms with van der Waals surface area (Å²) in [7, 11) is 0. The maximum Gasteiger partial charge on any atom is 0.280 e. The Morgan fingerprint density at radius 1 is 1.33 bits per heavy atom. The Morgan fingerprint density at radius 2 is 2.07 bits per heavy atom. The summed E-state index contributed by atoms with van der Waals surface area (Å²) in [6, 6.07) is 6.45. The van der Waals surface area contributed by atoms with Crippen molar-refractivity contribution in [2.75, 3.05) is 0 Å². The molecule has 0 saturated heterocycles. The molecule has 0 bridgehead atoms. The van der Waals surface area contributed by atoms with Crippen LogP contribution in [0, 0.1) is 0 Å². The van der Waals surface area contributed by atoms with Crippen LogP contribution >= 0.6 is 27.5 Å². The van der Waals surface area contributed by atoms with Crippen LogP contribution < -0.4 is 0 Å². The number of hydrogen-bond acceptors (Lipinski definition) is 1. The number of fused-ring (bicyclic) bond motifs is 1. The summed E-state index contributed by atoms with van der Waals surface area (Å²) in [6.07, 6.45) is -2.60. The van der Waals surface area contributed by atoms with Crippen molar-refractivity contribution in [3.63, 3.8) is 0 Å². The van der Waals surface area contributed by atoms with E-state index in [0.717, 1.165) is 5.39 Å². The molecule has 0 amide bonds. The number of halogens is 4. The van der Waals surface area contributed by atoms with E-state index < -0.39 is 6.43 Å². The highest BCUT2D eigenvalue weighted by Gasteiger charge is 2.13. The molecule has 0 unspecified atom stereocenters. The minimum absolute atomic E-state index is 0.275. The van der Waals surface area contributed by atoms with Gasteiger partial charge >= 0.3 is 0 Å². The first-order valence-corrected chi connectivity index (χ1v) is 5.29. The Morgan fingerprint density at radius 3 is 2.73 bits per heavy atom. The zero-order valence-electron chi connectivity index (χ0n) is 7.35. The number of para-hydroxylation sites is 1. The molecule has 1 nitrogen and oxygen atoms in total. The SMILES string of the molecule is FC(F)c1cc(Br)c2cccc(Cl)c2n1. The van der Waals surface area contributed by atoms with E-state index in [1.165, 1.54) is 6.07 Å². The molecule has 0 atom stereocenters. The molecule has 0 N–H and O–H groups in total. The molecule has 0 spiro atoms. The lowest BCUT2D eigenvalue weighted by Crippen LogP contribution is -1.92. The van der Waals surface area contributed by atoms with Gasteiger partial charge in [-0.25, -0.2) is 13.8 Å². The normalized spacial score (nSPS) is 11.3. The van der Waals surface area contributed by atoms with E-state index in [4.69, 9.17) is 11.6 Å². The van der Waals surface area contributed by atoms with Gasteiger partial charge in [0, 0.05) is 9.86 Å². The highest BCUT2D eigenvalue weighted by Crippen LogP contribution is 2.31. The van der Waals surface area contributed by atoms with Gasteiger partial charge in [0.15, 0.2) is 0 Å². The van der Waals surface area contributed by atoms with Gasteiger partial charge in [-0.3, -0.25) is 0 Å². The lowest BCUT2D eigenvalue weighted by Gasteiger charge is -2.05. The van der Waals surface area contributed by atoms with E-state index in [9.17, 15) is 8.78 Å². The third-order valence-electron chi connectivity index (χ3n) is 1.98. The second kappa shape index (κ2) is 4.02. The van der Waals surface area contributed by atoms with E-state index in [2.05, 4.69) is 20.9 Å². The lowest BCUT2D eigenvalue weighted by molar-refractivity contribution is 0.146. The summed E-state index contributed by atoms with van der Waals surface area (Å²) >= 11 is 9.10.